The first-order valence-corrected chi connectivity index (χ1v) is 10.1. The molecule has 146 valence electrons. The van der Waals surface area contributed by atoms with Gasteiger partial charge in [-0.3, -0.25) is 14.6 Å². The lowest BCUT2D eigenvalue weighted by molar-refractivity contribution is 0.100. The van der Waals surface area contributed by atoms with Crippen molar-refractivity contribution in [1.29, 1.82) is 0 Å². The Labute approximate surface area is 162 Å². The Bertz CT molecular complexity index is 1110. The lowest BCUT2D eigenvalue weighted by Crippen LogP contribution is -2.14. The Morgan fingerprint density at radius 2 is 1.89 bits per heavy atom. The van der Waals surface area contributed by atoms with Crippen LogP contribution in [0.1, 0.15) is 23.0 Å². The summed E-state index contributed by atoms with van der Waals surface area (Å²) in [6.45, 7) is 3.41. The second-order valence-corrected chi connectivity index (χ2v) is 8.07. The Kier molecular flexibility index (Phi) is 5.32. The smallest absolute Gasteiger partial charge is 0.254 e. The van der Waals surface area contributed by atoms with Crippen LogP contribution in [0.25, 0.3) is 11.3 Å². The van der Waals surface area contributed by atoms with Crippen molar-refractivity contribution in [1.82, 2.24) is 15.2 Å². The molecule has 5 N–H and O–H groups in total. The number of carbonyl (C=O) groups is 1. The first-order chi connectivity index (χ1) is 13.3. The van der Waals surface area contributed by atoms with Crippen molar-refractivity contribution in [3.63, 3.8) is 0 Å². The zero-order chi connectivity index (χ0) is 20.3. The molecule has 1 aromatic carbocycles. The number of rotatable bonds is 7. The van der Waals surface area contributed by atoms with Gasteiger partial charge < -0.3 is 11.1 Å². The monoisotopic (exact) mass is 400 g/mol. The summed E-state index contributed by atoms with van der Waals surface area (Å²) in [5, 5.41) is 9.94. The Hall–Kier alpha value is -3.40. The van der Waals surface area contributed by atoms with Crippen LogP contribution in [-0.4, -0.2) is 35.3 Å². The van der Waals surface area contributed by atoms with Crippen LogP contribution in [0, 0.1) is 6.92 Å². The van der Waals surface area contributed by atoms with Crippen LogP contribution in [0.15, 0.2) is 42.5 Å². The van der Waals surface area contributed by atoms with E-state index in [-0.39, 0.29) is 17.1 Å². The molecule has 10 heteroatoms. The molecule has 3 aromatic rings. The highest BCUT2D eigenvalue weighted by atomic mass is 32.2. The molecule has 0 fully saturated rings. The fourth-order valence-corrected chi connectivity index (χ4v) is 3.21. The summed E-state index contributed by atoms with van der Waals surface area (Å²) in [6, 6.07) is 12.0. The van der Waals surface area contributed by atoms with Crippen LogP contribution in [0.3, 0.4) is 0 Å². The molecule has 28 heavy (non-hydrogen) atoms. The van der Waals surface area contributed by atoms with Gasteiger partial charge in [0.05, 0.1) is 11.4 Å². The highest BCUT2D eigenvalue weighted by molar-refractivity contribution is 7.92. The molecule has 0 aliphatic carbocycles. The fourth-order valence-electron chi connectivity index (χ4n) is 2.57. The fraction of sp³-hybridized carbons (Fsp3) is 0.167. The Balaban J connectivity index is 1.92. The van der Waals surface area contributed by atoms with E-state index in [1.54, 1.807) is 37.3 Å². The molecule has 0 aliphatic rings. The maximum Gasteiger partial charge on any atom is 0.254 e. The van der Waals surface area contributed by atoms with Gasteiger partial charge in [0, 0.05) is 16.9 Å². The molecule has 9 nitrogen and oxygen atoms in total. The second-order valence-electron chi connectivity index (χ2n) is 6.06. The lowest BCUT2D eigenvalue weighted by Gasteiger charge is -2.08. The molecular weight excluding hydrogens is 380 g/mol. The largest absolute Gasteiger partial charge is 0.365 e. The summed E-state index contributed by atoms with van der Waals surface area (Å²) in [7, 11) is -3.37. The van der Waals surface area contributed by atoms with Gasteiger partial charge in [-0.05, 0) is 38.1 Å². The minimum absolute atomic E-state index is 0.0247. The number of sulfonamides is 1. The molecule has 0 bridgehead atoms. The van der Waals surface area contributed by atoms with E-state index in [0.29, 0.717) is 22.8 Å². The molecule has 0 atom stereocenters. The van der Waals surface area contributed by atoms with Crippen molar-refractivity contribution in [2.45, 2.75) is 13.8 Å². The average Bonchev–Trinajstić information content (AvgIpc) is 3.06. The molecule has 3 rings (SSSR count). The van der Waals surface area contributed by atoms with Gasteiger partial charge in [-0.25, -0.2) is 13.4 Å². The first-order valence-electron chi connectivity index (χ1n) is 8.49. The molecule has 2 aromatic heterocycles. The minimum atomic E-state index is -3.37. The maximum absolute atomic E-state index is 12.0. The summed E-state index contributed by atoms with van der Waals surface area (Å²) < 4.78 is 25.8. The van der Waals surface area contributed by atoms with Crippen LogP contribution >= 0.6 is 0 Å². The van der Waals surface area contributed by atoms with Crippen molar-refractivity contribution < 1.29 is 13.2 Å². The molecule has 0 unspecified atom stereocenters. The van der Waals surface area contributed by atoms with E-state index in [1.165, 1.54) is 0 Å². The number of primary amides is 1. The molecule has 0 saturated carbocycles. The number of amides is 1. The minimum Gasteiger partial charge on any atom is -0.365 e. The van der Waals surface area contributed by atoms with Crippen LogP contribution in [0.4, 0.5) is 17.3 Å². The normalized spacial score (nSPS) is 11.2. The number of anilines is 3. The number of H-pyrrole nitrogens is 1. The van der Waals surface area contributed by atoms with Crippen molar-refractivity contribution in [2.75, 3.05) is 15.8 Å². The third-order valence-corrected chi connectivity index (χ3v) is 5.28. The number of benzene rings is 1. The number of pyridine rings is 1. The number of aromatic amines is 1. The van der Waals surface area contributed by atoms with E-state index >= 15 is 0 Å². The summed E-state index contributed by atoms with van der Waals surface area (Å²) in [5.74, 6) is 0.110. The van der Waals surface area contributed by atoms with Crippen molar-refractivity contribution in [2.24, 2.45) is 5.73 Å². The van der Waals surface area contributed by atoms with E-state index in [4.69, 9.17) is 5.73 Å². The van der Waals surface area contributed by atoms with Crippen molar-refractivity contribution in [3.05, 3.63) is 53.7 Å². The number of nitrogens with zero attached hydrogens (tertiary/aromatic N) is 2. The van der Waals surface area contributed by atoms with E-state index in [1.807, 2.05) is 19.1 Å². The van der Waals surface area contributed by atoms with E-state index in [9.17, 15) is 13.2 Å². The topological polar surface area (TPSA) is 143 Å². The van der Waals surface area contributed by atoms with Gasteiger partial charge in [0.1, 0.15) is 11.4 Å². The average molecular weight is 400 g/mol. The van der Waals surface area contributed by atoms with Gasteiger partial charge in [0.15, 0.2) is 5.82 Å². The standard InChI is InChI=1S/C18H20N6O3S/c1-3-28(26,27)24-13-9-7-12(8-10-13)16-15(17(19)25)18(23-22-16)21-14-6-4-5-11(2)20-14/h4-10,24H,3H2,1-2H3,(H2,19,25)(H2,20,21,22,23). The SMILES string of the molecule is CCS(=O)(=O)Nc1ccc(-c2[nH]nc(Nc3cccc(C)n3)c2C(N)=O)cc1. The summed E-state index contributed by atoms with van der Waals surface area (Å²) in [4.78, 5) is 16.4. The van der Waals surface area contributed by atoms with E-state index in [0.717, 1.165) is 5.69 Å². The first kappa shape index (κ1) is 19.4. The lowest BCUT2D eigenvalue weighted by atomic mass is 10.1. The number of aryl methyl sites for hydroxylation is 1. The molecular formula is C18H20N6O3S. The number of carbonyl (C=O) groups excluding carboxylic acids is 1. The van der Waals surface area contributed by atoms with Gasteiger partial charge in [0.25, 0.3) is 5.91 Å². The Morgan fingerprint density at radius 1 is 1.18 bits per heavy atom. The van der Waals surface area contributed by atoms with Crippen LogP contribution in [0.2, 0.25) is 0 Å². The molecule has 1 amide bonds. The van der Waals surface area contributed by atoms with Gasteiger partial charge in [-0.2, -0.15) is 5.10 Å². The predicted octanol–water partition coefficient (Wildman–Crippen LogP) is 2.38. The van der Waals surface area contributed by atoms with Crippen LogP contribution in [-0.2, 0) is 10.0 Å². The maximum atomic E-state index is 12.0. The number of aromatic nitrogens is 3. The summed E-state index contributed by atoms with van der Waals surface area (Å²) in [5.41, 5.74) is 8.04. The highest BCUT2D eigenvalue weighted by Crippen LogP contribution is 2.29. The molecule has 0 aliphatic heterocycles. The number of nitrogens with one attached hydrogen (secondary N) is 3. The zero-order valence-electron chi connectivity index (χ0n) is 15.4. The van der Waals surface area contributed by atoms with E-state index < -0.39 is 15.9 Å². The zero-order valence-corrected chi connectivity index (χ0v) is 16.2. The molecule has 0 radical (unpaired) electrons. The summed E-state index contributed by atoms with van der Waals surface area (Å²) in [6.07, 6.45) is 0. The van der Waals surface area contributed by atoms with Crippen LogP contribution in [0.5, 0.6) is 0 Å². The molecule has 0 spiro atoms. The van der Waals surface area contributed by atoms with Crippen molar-refractivity contribution in [3.8, 4) is 11.3 Å². The molecule has 0 saturated heterocycles. The van der Waals surface area contributed by atoms with Gasteiger partial charge in [-0.15, -0.1) is 0 Å². The Morgan fingerprint density at radius 3 is 2.50 bits per heavy atom. The van der Waals surface area contributed by atoms with Crippen molar-refractivity contribution >= 4 is 33.3 Å². The number of nitrogens with two attached hydrogens (primary N) is 1. The second kappa shape index (κ2) is 7.69. The highest BCUT2D eigenvalue weighted by Gasteiger charge is 2.20. The van der Waals surface area contributed by atoms with Crippen LogP contribution < -0.4 is 15.8 Å². The quantitative estimate of drug-likeness (QED) is 0.479. The van der Waals surface area contributed by atoms with Gasteiger partial charge in [-0.1, -0.05) is 18.2 Å². The third kappa shape index (κ3) is 4.29. The summed E-state index contributed by atoms with van der Waals surface area (Å²) >= 11 is 0. The number of hydrogen-bond acceptors (Lipinski definition) is 6. The third-order valence-electron chi connectivity index (χ3n) is 3.97. The van der Waals surface area contributed by atoms with E-state index in [2.05, 4.69) is 25.2 Å². The van der Waals surface area contributed by atoms with Gasteiger partial charge in [0.2, 0.25) is 10.0 Å². The van der Waals surface area contributed by atoms with Gasteiger partial charge >= 0.3 is 0 Å². The molecule has 2 heterocycles. The number of hydrogen-bond donors (Lipinski definition) is 4. The predicted molar refractivity (Wildman–Crippen MR) is 108 cm³/mol.